The molecule has 0 atom stereocenters. The topological polar surface area (TPSA) is 72.6 Å². The molecule has 0 aliphatic carbocycles. The number of benzene rings is 1. The number of ether oxygens (including phenoxy) is 1. The Morgan fingerprint density at radius 1 is 1.56 bits per heavy atom. The maximum Gasteiger partial charge on any atom is 0.303 e. The maximum atomic E-state index is 10.4. The number of rotatable bonds is 4. The van der Waals surface area contributed by atoms with E-state index >= 15 is 0 Å². The van der Waals surface area contributed by atoms with Crippen LogP contribution < -0.4 is 4.74 Å². The molecule has 0 bridgehead atoms. The molecule has 5 heteroatoms. The Labute approximate surface area is 91.6 Å². The van der Waals surface area contributed by atoms with E-state index in [2.05, 4.69) is 5.16 Å². The molecule has 0 fully saturated rings. The minimum absolute atomic E-state index is 0.0380. The van der Waals surface area contributed by atoms with Crippen LogP contribution in [0.25, 0.3) is 10.9 Å². The Morgan fingerprint density at radius 3 is 3.06 bits per heavy atom. The van der Waals surface area contributed by atoms with E-state index in [-0.39, 0.29) is 6.42 Å². The van der Waals surface area contributed by atoms with Crippen LogP contribution in [-0.4, -0.2) is 23.3 Å². The van der Waals surface area contributed by atoms with Crippen molar-refractivity contribution in [2.45, 2.75) is 12.8 Å². The number of hydrogen-bond donors (Lipinski definition) is 1. The fraction of sp³-hybridized carbons (Fsp3) is 0.273. The number of methoxy groups -OCH3 is 1. The van der Waals surface area contributed by atoms with E-state index in [9.17, 15) is 4.79 Å². The molecule has 0 spiro atoms. The lowest BCUT2D eigenvalue weighted by molar-refractivity contribution is -0.137. The Balaban J connectivity index is 2.30. The quantitative estimate of drug-likeness (QED) is 0.852. The predicted molar refractivity (Wildman–Crippen MR) is 56.5 cm³/mol. The number of carbonyl (C=O) groups is 1. The van der Waals surface area contributed by atoms with Gasteiger partial charge in [0.1, 0.15) is 17.0 Å². The molecule has 16 heavy (non-hydrogen) atoms. The summed E-state index contributed by atoms with van der Waals surface area (Å²) in [5, 5.41) is 13.3. The van der Waals surface area contributed by atoms with Gasteiger partial charge < -0.3 is 14.4 Å². The van der Waals surface area contributed by atoms with Crippen LogP contribution in [0.2, 0.25) is 0 Å². The van der Waals surface area contributed by atoms with Crippen LogP contribution >= 0.6 is 0 Å². The number of fused-ring (bicyclic) bond motifs is 1. The second-order valence-corrected chi connectivity index (χ2v) is 3.38. The molecular formula is C11H11NO4. The van der Waals surface area contributed by atoms with E-state index in [0.29, 0.717) is 23.4 Å². The number of hydrogen-bond acceptors (Lipinski definition) is 4. The molecule has 2 rings (SSSR count). The average molecular weight is 221 g/mol. The van der Waals surface area contributed by atoms with Gasteiger partial charge in [0.2, 0.25) is 0 Å². The number of aliphatic carboxylic acids is 1. The Morgan fingerprint density at radius 2 is 2.38 bits per heavy atom. The highest BCUT2D eigenvalue weighted by atomic mass is 16.5. The number of carboxylic acids is 1. The van der Waals surface area contributed by atoms with Crippen molar-refractivity contribution in [1.29, 1.82) is 0 Å². The van der Waals surface area contributed by atoms with Gasteiger partial charge in [-0.15, -0.1) is 0 Å². The van der Waals surface area contributed by atoms with Crippen molar-refractivity contribution in [3.8, 4) is 5.75 Å². The Kier molecular flexibility index (Phi) is 2.76. The molecule has 0 saturated carbocycles. The molecule has 1 aromatic heterocycles. The minimum Gasteiger partial charge on any atom is -0.497 e. The van der Waals surface area contributed by atoms with Crippen molar-refractivity contribution in [3.05, 3.63) is 24.0 Å². The van der Waals surface area contributed by atoms with Crippen molar-refractivity contribution >= 4 is 16.9 Å². The van der Waals surface area contributed by atoms with E-state index in [1.54, 1.807) is 19.2 Å². The van der Waals surface area contributed by atoms with E-state index < -0.39 is 5.97 Å². The van der Waals surface area contributed by atoms with E-state index in [4.69, 9.17) is 14.4 Å². The lowest BCUT2D eigenvalue weighted by atomic mass is 10.1. The van der Waals surface area contributed by atoms with Crippen LogP contribution in [0.3, 0.4) is 0 Å². The van der Waals surface area contributed by atoms with E-state index in [1.807, 2.05) is 6.07 Å². The summed E-state index contributed by atoms with van der Waals surface area (Å²) in [6.45, 7) is 0. The summed E-state index contributed by atoms with van der Waals surface area (Å²) in [6.07, 6.45) is 0.383. The van der Waals surface area contributed by atoms with Gasteiger partial charge in [-0.3, -0.25) is 4.79 Å². The first-order valence-electron chi connectivity index (χ1n) is 4.85. The largest absolute Gasteiger partial charge is 0.497 e. The normalized spacial score (nSPS) is 10.6. The van der Waals surface area contributed by atoms with E-state index in [1.165, 1.54) is 0 Å². The van der Waals surface area contributed by atoms with Gasteiger partial charge >= 0.3 is 5.97 Å². The highest BCUT2D eigenvalue weighted by Crippen LogP contribution is 2.23. The highest BCUT2D eigenvalue weighted by molar-refractivity contribution is 5.82. The number of nitrogens with zero attached hydrogens (tertiary/aromatic N) is 1. The van der Waals surface area contributed by atoms with Crippen LogP contribution in [0.5, 0.6) is 5.75 Å². The van der Waals surface area contributed by atoms with Crippen LogP contribution in [-0.2, 0) is 11.2 Å². The predicted octanol–water partition coefficient (Wildman–Crippen LogP) is 1.85. The van der Waals surface area contributed by atoms with Crippen molar-refractivity contribution in [2.75, 3.05) is 7.11 Å². The first-order chi connectivity index (χ1) is 7.70. The monoisotopic (exact) mass is 221 g/mol. The zero-order valence-corrected chi connectivity index (χ0v) is 8.77. The van der Waals surface area contributed by atoms with Crippen molar-refractivity contribution < 1.29 is 19.2 Å². The summed E-state index contributed by atoms with van der Waals surface area (Å²) in [4.78, 5) is 10.4. The number of aromatic nitrogens is 1. The minimum atomic E-state index is -0.849. The lowest BCUT2D eigenvalue weighted by Gasteiger charge is -1.97. The molecule has 1 N–H and O–H groups in total. The fourth-order valence-corrected chi connectivity index (χ4v) is 1.50. The summed E-state index contributed by atoms with van der Waals surface area (Å²) < 4.78 is 10.2. The Bertz CT molecular complexity index is 518. The zero-order chi connectivity index (χ0) is 11.5. The Hall–Kier alpha value is -2.04. The molecule has 0 unspecified atom stereocenters. The third kappa shape index (κ3) is 1.98. The molecule has 1 heterocycles. The first kappa shape index (κ1) is 10.5. The highest BCUT2D eigenvalue weighted by Gasteiger charge is 2.10. The summed E-state index contributed by atoms with van der Waals surface area (Å²) in [5.74, 6) is 0.448. The molecule has 0 aliphatic rings. The molecule has 2 aromatic rings. The zero-order valence-electron chi connectivity index (χ0n) is 8.77. The van der Waals surface area contributed by atoms with Crippen LogP contribution in [0.1, 0.15) is 12.2 Å². The second kappa shape index (κ2) is 4.22. The SMILES string of the molecule is COc1ccc2c(CCC(=O)O)onc2c1. The third-order valence-electron chi connectivity index (χ3n) is 2.33. The number of aryl methyl sites for hydroxylation is 1. The van der Waals surface area contributed by atoms with E-state index in [0.717, 1.165) is 5.39 Å². The van der Waals surface area contributed by atoms with Gasteiger partial charge in [-0.25, -0.2) is 0 Å². The molecule has 5 nitrogen and oxygen atoms in total. The van der Waals surface area contributed by atoms with Crippen molar-refractivity contribution in [3.63, 3.8) is 0 Å². The lowest BCUT2D eigenvalue weighted by Crippen LogP contribution is -1.96. The van der Waals surface area contributed by atoms with Crippen molar-refractivity contribution in [2.24, 2.45) is 0 Å². The molecule has 0 radical (unpaired) electrons. The summed E-state index contributed by atoms with van der Waals surface area (Å²) in [5.41, 5.74) is 0.680. The summed E-state index contributed by atoms with van der Waals surface area (Å²) in [7, 11) is 1.58. The van der Waals surface area contributed by atoms with Crippen molar-refractivity contribution in [1.82, 2.24) is 5.16 Å². The fourth-order valence-electron chi connectivity index (χ4n) is 1.50. The molecule has 0 saturated heterocycles. The smallest absolute Gasteiger partial charge is 0.303 e. The molecule has 0 amide bonds. The third-order valence-corrected chi connectivity index (χ3v) is 2.33. The molecule has 0 aliphatic heterocycles. The summed E-state index contributed by atoms with van der Waals surface area (Å²) in [6, 6.07) is 5.37. The average Bonchev–Trinajstić information content (AvgIpc) is 2.68. The standard InChI is InChI=1S/C11H11NO4/c1-15-7-2-3-8-9(6-7)12-16-10(8)4-5-11(13)14/h2-3,6H,4-5H2,1H3,(H,13,14). The second-order valence-electron chi connectivity index (χ2n) is 3.38. The summed E-state index contributed by atoms with van der Waals surface area (Å²) >= 11 is 0. The van der Waals surface area contributed by atoms with Gasteiger partial charge in [0.15, 0.2) is 0 Å². The van der Waals surface area contributed by atoms with Gasteiger partial charge in [0.05, 0.1) is 13.5 Å². The van der Waals surface area contributed by atoms with Crippen LogP contribution in [0, 0.1) is 0 Å². The number of carboxylic acid groups (broad SMARTS) is 1. The maximum absolute atomic E-state index is 10.4. The van der Waals surface area contributed by atoms with Crippen LogP contribution in [0.15, 0.2) is 22.7 Å². The molecule has 84 valence electrons. The van der Waals surface area contributed by atoms with Gasteiger partial charge in [0, 0.05) is 17.9 Å². The first-order valence-corrected chi connectivity index (χ1v) is 4.85. The van der Waals surface area contributed by atoms with Gasteiger partial charge in [-0.2, -0.15) is 0 Å². The molecule has 1 aromatic carbocycles. The van der Waals surface area contributed by atoms with Gasteiger partial charge in [0.25, 0.3) is 0 Å². The molecular weight excluding hydrogens is 210 g/mol. The van der Waals surface area contributed by atoms with Gasteiger partial charge in [-0.1, -0.05) is 5.16 Å². The van der Waals surface area contributed by atoms with Crippen LogP contribution in [0.4, 0.5) is 0 Å². The van der Waals surface area contributed by atoms with Gasteiger partial charge in [-0.05, 0) is 12.1 Å².